The van der Waals surface area contributed by atoms with Gasteiger partial charge in [-0.05, 0) is 56.7 Å². The number of aromatic nitrogens is 2. The predicted octanol–water partition coefficient (Wildman–Crippen LogP) is 3.18. The van der Waals surface area contributed by atoms with Gasteiger partial charge in [-0.15, -0.1) is 0 Å². The number of fused-ring (bicyclic) bond motifs is 1. The molecule has 1 aromatic carbocycles. The van der Waals surface area contributed by atoms with Crippen LogP contribution in [0.1, 0.15) is 42.6 Å². The van der Waals surface area contributed by atoms with Crippen LogP contribution in [0.5, 0.6) is 0 Å². The van der Waals surface area contributed by atoms with E-state index >= 15 is 0 Å². The van der Waals surface area contributed by atoms with Crippen molar-refractivity contribution in [2.75, 3.05) is 14.1 Å². The molecule has 134 valence electrons. The molecule has 1 aliphatic rings. The first kappa shape index (κ1) is 17.9. The summed E-state index contributed by atoms with van der Waals surface area (Å²) in [4.78, 5) is 19.2. The molecule has 0 amide bonds. The summed E-state index contributed by atoms with van der Waals surface area (Å²) in [6, 6.07) is 8.89. The van der Waals surface area contributed by atoms with Crippen LogP contribution in [0.25, 0.3) is 0 Å². The number of rotatable bonds is 5. The fraction of sp³-hybridized carbons (Fsp3) is 0.474. The van der Waals surface area contributed by atoms with Crippen LogP contribution < -0.4 is 4.84 Å². The van der Waals surface area contributed by atoms with Crippen molar-refractivity contribution in [1.29, 1.82) is 0 Å². The number of imidazole rings is 1. The van der Waals surface area contributed by atoms with Crippen LogP contribution in [0.3, 0.4) is 0 Å². The van der Waals surface area contributed by atoms with Crippen LogP contribution in [0.15, 0.2) is 30.5 Å². The Morgan fingerprint density at radius 2 is 2.04 bits per heavy atom. The van der Waals surface area contributed by atoms with E-state index < -0.39 is 0 Å². The molecule has 6 heteroatoms. The van der Waals surface area contributed by atoms with E-state index in [9.17, 15) is 4.79 Å². The highest BCUT2D eigenvalue weighted by molar-refractivity contribution is 7.71. The Kier molecular flexibility index (Phi) is 5.39. The van der Waals surface area contributed by atoms with E-state index in [1.54, 1.807) is 6.92 Å². The lowest BCUT2D eigenvalue weighted by atomic mass is 9.88. The molecule has 1 atom stereocenters. The van der Waals surface area contributed by atoms with Crippen LogP contribution >= 0.6 is 12.2 Å². The fourth-order valence-electron chi connectivity index (χ4n) is 3.45. The smallest absolute Gasteiger partial charge is 0.332 e. The number of hydrogen-bond donors (Lipinski definition) is 0. The Morgan fingerprint density at radius 1 is 1.32 bits per heavy atom. The van der Waals surface area contributed by atoms with Gasteiger partial charge < -0.3 is 14.3 Å². The fourth-order valence-corrected chi connectivity index (χ4v) is 3.81. The summed E-state index contributed by atoms with van der Waals surface area (Å²) in [5.41, 5.74) is 3.88. The minimum Gasteiger partial charge on any atom is -0.334 e. The summed E-state index contributed by atoms with van der Waals surface area (Å²) >= 11 is 5.64. The molecule has 2 aromatic rings. The molecule has 0 saturated heterocycles. The molecule has 0 radical (unpaired) electrons. The highest BCUT2D eigenvalue weighted by Crippen LogP contribution is 2.30. The number of carbonyl (C=O) groups is 1. The maximum absolute atomic E-state index is 11.7. The van der Waals surface area contributed by atoms with E-state index in [-0.39, 0.29) is 5.97 Å². The number of nitrogens with zero attached hydrogens (tertiary/aromatic N) is 3. The normalized spacial score (nSPS) is 16.7. The van der Waals surface area contributed by atoms with Crippen molar-refractivity contribution in [2.45, 2.75) is 45.2 Å². The molecule has 0 spiro atoms. The molecule has 25 heavy (non-hydrogen) atoms. The first-order valence-corrected chi connectivity index (χ1v) is 9.15. The molecule has 1 aromatic heterocycles. The Labute approximate surface area is 153 Å². The second kappa shape index (κ2) is 7.54. The Morgan fingerprint density at radius 3 is 2.72 bits per heavy atom. The first-order chi connectivity index (χ1) is 12.0. The van der Waals surface area contributed by atoms with Gasteiger partial charge in [0.15, 0.2) is 0 Å². The molecule has 1 unspecified atom stereocenters. The van der Waals surface area contributed by atoms with E-state index in [4.69, 9.17) is 17.1 Å². The largest absolute Gasteiger partial charge is 0.334 e. The minimum absolute atomic E-state index is 0.279. The lowest BCUT2D eigenvalue weighted by Gasteiger charge is -2.27. The summed E-state index contributed by atoms with van der Waals surface area (Å²) in [5.74, 6) is -0.279. The zero-order valence-corrected chi connectivity index (χ0v) is 15.9. The quantitative estimate of drug-likeness (QED) is 0.769. The van der Waals surface area contributed by atoms with Gasteiger partial charge in [0.05, 0.1) is 11.9 Å². The molecule has 1 heterocycles. The van der Waals surface area contributed by atoms with Crippen molar-refractivity contribution in [3.8, 4) is 0 Å². The molecule has 0 fully saturated rings. The second-order valence-electron chi connectivity index (χ2n) is 6.82. The molecule has 0 saturated carbocycles. The summed E-state index contributed by atoms with van der Waals surface area (Å²) in [7, 11) is 4.05. The van der Waals surface area contributed by atoms with Crippen molar-refractivity contribution in [1.82, 2.24) is 14.2 Å². The van der Waals surface area contributed by atoms with Gasteiger partial charge in [-0.2, -0.15) is 4.73 Å². The van der Waals surface area contributed by atoms with Gasteiger partial charge in [0.2, 0.25) is 4.77 Å². The average Bonchev–Trinajstić information content (AvgIpc) is 2.88. The highest BCUT2D eigenvalue weighted by atomic mass is 32.1. The van der Waals surface area contributed by atoms with Crippen molar-refractivity contribution < 1.29 is 9.63 Å². The third kappa shape index (κ3) is 3.85. The van der Waals surface area contributed by atoms with Gasteiger partial charge in [0, 0.05) is 19.0 Å². The van der Waals surface area contributed by atoms with Crippen molar-refractivity contribution in [3.05, 3.63) is 52.1 Å². The van der Waals surface area contributed by atoms with E-state index in [2.05, 4.69) is 33.7 Å². The van der Waals surface area contributed by atoms with Crippen LogP contribution in [-0.4, -0.2) is 34.3 Å². The zero-order chi connectivity index (χ0) is 18.0. The van der Waals surface area contributed by atoms with Crippen LogP contribution in [0, 0.1) is 4.77 Å². The highest BCUT2D eigenvalue weighted by Gasteiger charge is 2.24. The van der Waals surface area contributed by atoms with Crippen molar-refractivity contribution in [2.24, 2.45) is 0 Å². The predicted molar refractivity (Wildman–Crippen MR) is 100 cm³/mol. The number of benzene rings is 1. The summed E-state index contributed by atoms with van der Waals surface area (Å²) in [6.07, 6.45) is 5.22. The van der Waals surface area contributed by atoms with Crippen molar-refractivity contribution in [3.63, 3.8) is 0 Å². The van der Waals surface area contributed by atoms with E-state index in [0.717, 1.165) is 31.5 Å². The monoisotopic (exact) mass is 359 g/mol. The Bertz CT molecular complexity index is 822. The molecule has 0 bridgehead atoms. The maximum Gasteiger partial charge on any atom is 0.332 e. The summed E-state index contributed by atoms with van der Waals surface area (Å²) < 4.78 is 4.19. The maximum atomic E-state index is 11.7. The molecule has 5 nitrogen and oxygen atoms in total. The van der Waals surface area contributed by atoms with Gasteiger partial charge in [0.1, 0.15) is 0 Å². The number of aryl methyl sites for hydroxylation is 1. The second-order valence-corrected chi connectivity index (χ2v) is 7.18. The van der Waals surface area contributed by atoms with E-state index in [1.807, 2.05) is 20.3 Å². The molecule has 1 aliphatic carbocycles. The molecular weight excluding hydrogens is 334 g/mol. The zero-order valence-electron chi connectivity index (χ0n) is 15.1. The molecule has 0 N–H and O–H groups in total. The topological polar surface area (TPSA) is 39.4 Å². The van der Waals surface area contributed by atoms with Crippen molar-refractivity contribution >= 4 is 18.2 Å². The molecule has 0 aliphatic heterocycles. The molecule has 3 rings (SSSR count). The Balaban J connectivity index is 1.96. The lowest BCUT2D eigenvalue weighted by Crippen LogP contribution is -2.23. The first-order valence-electron chi connectivity index (χ1n) is 8.75. The van der Waals surface area contributed by atoms with E-state index in [1.165, 1.54) is 15.9 Å². The summed E-state index contributed by atoms with van der Waals surface area (Å²) in [5, 5.41) is 0. The minimum atomic E-state index is -0.279. The Hall–Kier alpha value is -1.92. The number of carbonyl (C=O) groups excluding carboxylic acids is 1. The third-order valence-electron chi connectivity index (χ3n) is 4.62. The van der Waals surface area contributed by atoms with Gasteiger partial charge >= 0.3 is 5.97 Å². The van der Waals surface area contributed by atoms with Gasteiger partial charge in [-0.3, -0.25) is 0 Å². The SMILES string of the molecule is CCC(=O)On1cc(CN(C)C)n(C2CCc3ccccc3C2)c1=S. The van der Waals surface area contributed by atoms with E-state index in [0.29, 0.717) is 17.2 Å². The average molecular weight is 359 g/mol. The molecular formula is C19H25N3O2S. The van der Waals surface area contributed by atoms with Gasteiger partial charge in [0.25, 0.3) is 0 Å². The number of hydrogen-bond acceptors (Lipinski definition) is 4. The third-order valence-corrected chi connectivity index (χ3v) is 5.00. The van der Waals surface area contributed by atoms with Crippen LogP contribution in [0.2, 0.25) is 0 Å². The summed E-state index contributed by atoms with van der Waals surface area (Å²) in [6.45, 7) is 2.53. The standard InChI is InChI=1S/C19H25N3O2S/c1-4-18(23)24-21-13-17(12-20(2)3)22(19(21)25)16-10-9-14-7-5-6-8-15(14)11-16/h5-8,13,16H,4,9-12H2,1-3H3. The van der Waals surface area contributed by atoms with Crippen LogP contribution in [0.4, 0.5) is 0 Å². The lowest BCUT2D eigenvalue weighted by molar-refractivity contribution is -0.144. The van der Waals surface area contributed by atoms with Gasteiger partial charge in [-0.25, -0.2) is 4.79 Å². The van der Waals surface area contributed by atoms with Gasteiger partial charge in [-0.1, -0.05) is 31.2 Å². The van der Waals surface area contributed by atoms with Crippen LogP contribution in [-0.2, 0) is 24.2 Å².